The standard InChI is InChI=1S/C5H10N2O/c1-3-6-7-5(2)4-8/h4,6-7H,2-3H2,1H3. The van der Waals surface area contributed by atoms with Crippen LogP contribution in [0.15, 0.2) is 12.3 Å². The minimum Gasteiger partial charge on any atom is -0.319 e. The van der Waals surface area contributed by atoms with E-state index in [1.54, 1.807) is 0 Å². The van der Waals surface area contributed by atoms with Gasteiger partial charge < -0.3 is 5.43 Å². The molecule has 0 unspecified atom stereocenters. The van der Waals surface area contributed by atoms with Gasteiger partial charge in [-0.2, -0.15) is 0 Å². The van der Waals surface area contributed by atoms with Crippen molar-refractivity contribution in [2.45, 2.75) is 6.92 Å². The number of hydrogen-bond donors (Lipinski definition) is 2. The Balaban J connectivity index is 3.11. The van der Waals surface area contributed by atoms with Gasteiger partial charge in [0.05, 0.1) is 5.70 Å². The average Bonchev–Trinajstić information content (AvgIpc) is 1.83. The summed E-state index contributed by atoms with van der Waals surface area (Å²) in [4.78, 5) is 9.81. The molecular weight excluding hydrogens is 104 g/mol. The molecule has 0 aliphatic heterocycles. The lowest BCUT2D eigenvalue weighted by Gasteiger charge is -2.00. The summed E-state index contributed by atoms with van der Waals surface area (Å²) in [6, 6.07) is 0. The zero-order valence-corrected chi connectivity index (χ0v) is 4.90. The Morgan fingerprint density at radius 1 is 1.88 bits per heavy atom. The smallest absolute Gasteiger partial charge is 0.166 e. The van der Waals surface area contributed by atoms with Crippen molar-refractivity contribution in [1.29, 1.82) is 0 Å². The fourth-order valence-electron chi connectivity index (χ4n) is 0.231. The highest BCUT2D eigenvalue weighted by Gasteiger charge is 1.81. The summed E-state index contributed by atoms with van der Waals surface area (Å²) < 4.78 is 0. The Labute approximate surface area is 48.7 Å². The Hall–Kier alpha value is -0.830. The Morgan fingerprint density at radius 3 is 2.88 bits per heavy atom. The van der Waals surface area contributed by atoms with E-state index in [1.807, 2.05) is 6.92 Å². The quantitative estimate of drug-likeness (QED) is 0.302. The first-order valence-electron chi connectivity index (χ1n) is 2.44. The molecule has 0 heterocycles. The van der Waals surface area contributed by atoms with E-state index >= 15 is 0 Å². The monoisotopic (exact) mass is 114 g/mol. The SMILES string of the molecule is C=C(C=O)NNCC. The van der Waals surface area contributed by atoms with Crippen molar-refractivity contribution in [2.75, 3.05) is 6.54 Å². The summed E-state index contributed by atoms with van der Waals surface area (Å²) in [7, 11) is 0. The summed E-state index contributed by atoms with van der Waals surface area (Å²) in [5.74, 6) is 0. The molecule has 0 aliphatic carbocycles. The zero-order chi connectivity index (χ0) is 6.41. The number of rotatable bonds is 4. The molecule has 0 saturated carbocycles. The fourth-order valence-corrected chi connectivity index (χ4v) is 0.231. The van der Waals surface area contributed by atoms with E-state index in [2.05, 4.69) is 17.4 Å². The van der Waals surface area contributed by atoms with Gasteiger partial charge in [-0.15, -0.1) is 0 Å². The predicted octanol–water partition coefficient (Wildman–Crippen LogP) is -0.187. The van der Waals surface area contributed by atoms with Crippen molar-refractivity contribution in [3.63, 3.8) is 0 Å². The second kappa shape index (κ2) is 4.33. The normalized spacial score (nSPS) is 8.12. The summed E-state index contributed by atoms with van der Waals surface area (Å²) in [5, 5.41) is 0. The van der Waals surface area contributed by atoms with Gasteiger partial charge >= 0.3 is 0 Å². The maximum absolute atomic E-state index is 9.81. The summed E-state index contributed by atoms with van der Waals surface area (Å²) in [6.07, 6.45) is 0.655. The molecule has 0 fully saturated rings. The topological polar surface area (TPSA) is 41.1 Å². The molecule has 0 radical (unpaired) electrons. The molecule has 3 heteroatoms. The lowest BCUT2D eigenvalue weighted by Crippen LogP contribution is -2.30. The highest BCUT2D eigenvalue weighted by molar-refractivity contribution is 5.70. The van der Waals surface area contributed by atoms with Crippen LogP contribution < -0.4 is 10.9 Å². The number of nitrogens with one attached hydrogen (secondary N) is 2. The zero-order valence-electron chi connectivity index (χ0n) is 4.90. The molecule has 0 rings (SSSR count). The second-order valence-electron chi connectivity index (χ2n) is 1.30. The van der Waals surface area contributed by atoms with Crippen LogP contribution in [0.3, 0.4) is 0 Å². The fraction of sp³-hybridized carbons (Fsp3) is 0.400. The lowest BCUT2D eigenvalue weighted by molar-refractivity contribution is -0.105. The molecule has 0 amide bonds. The van der Waals surface area contributed by atoms with Crippen LogP contribution in [0.5, 0.6) is 0 Å². The van der Waals surface area contributed by atoms with Crippen molar-refractivity contribution in [2.24, 2.45) is 0 Å². The van der Waals surface area contributed by atoms with E-state index in [9.17, 15) is 4.79 Å². The molecule has 0 aliphatic rings. The van der Waals surface area contributed by atoms with Crippen molar-refractivity contribution in [3.05, 3.63) is 12.3 Å². The van der Waals surface area contributed by atoms with Crippen LogP contribution in [0.1, 0.15) is 6.92 Å². The lowest BCUT2D eigenvalue weighted by atomic mass is 10.6. The average molecular weight is 114 g/mol. The van der Waals surface area contributed by atoms with Gasteiger partial charge in [0.1, 0.15) is 0 Å². The van der Waals surface area contributed by atoms with Gasteiger partial charge in [-0.3, -0.25) is 4.79 Å². The van der Waals surface area contributed by atoms with Gasteiger partial charge in [0.15, 0.2) is 6.29 Å². The molecule has 3 nitrogen and oxygen atoms in total. The second-order valence-corrected chi connectivity index (χ2v) is 1.30. The largest absolute Gasteiger partial charge is 0.319 e. The van der Waals surface area contributed by atoms with Crippen LogP contribution in [0.2, 0.25) is 0 Å². The van der Waals surface area contributed by atoms with E-state index in [1.165, 1.54) is 0 Å². The van der Waals surface area contributed by atoms with Crippen molar-refractivity contribution in [3.8, 4) is 0 Å². The maximum Gasteiger partial charge on any atom is 0.166 e. The number of aldehydes is 1. The Kier molecular flexibility index (Phi) is 3.88. The third-order valence-corrected chi connectivity index (χ3v) is 0.568. The van der Waals surface area contributed by atoms with E-state index in [0.717, 1.165) is 6.54 Å². The molecule has 8 heavy (non-hydrogen) atoms. The highest BCUT2D eigenvalue weighted by Crippen LogP contribution is 1.67. The van der Waals surface area contributed by atoms with Gasteiger partial charge in [0.25, 0.3) is 0 Å². The van der Waals surface area contributed by atoms with Crippen molar-refractivity contribution < 1.29 is 4.79 Å². The molecule has 0 aromatic heterocycles. The van der Waals surface area contributed by atoms with Crippen molar-refractivity contribution in [1.82, 2.24) is 10.9 Å². The number of allylic oxidation sites excluding steroid dienone is 1. The molecule has 46 valence electrons. The van der Waals surface area contributed by atoms with Crippen LogP contribution in [-0.4, -0.2) is 12.8 Å². The minimum absolute atomic E-state index is 0.354. The number of hydrazine groups is 1. The van der Waals surface area contributed by atoms with Crippen molar-refractivity contribution >= 4 is 6.29 Å². The van der Waals surface area contributed by atoms with Crippen LogP contribution in [0.25, 0.3) is 0 Å². The van der Waals surface area contributed by atoms with Crippen LogP contribution >= 0.6 is 0 Å². The molecule has 0 saturated heterocycles. The first-order chi connectivity index (χ1) is 3.81. The van der Waals surface area contributed by atoms with Gasteiger partial charge in [-0.05, 0) is 0 Å². The minimum atomic E-state index is 0.354. The third-order valence-electron chi connectivity index (χ3n) is 0.568. The van der Waals surface area contributed by atoms with Crippen LogP contribution in [0.4, 0.5) is 0 Å². The highest BCUT2D eigenvalue weighted by atomic mass is 16.1. The maximum atomic E-state index is 9.81. The van der Waals surface area contributed by atoms with E-state index in [0.29, 0.717) is 12.0 Å². The molecular formula is C5H10N2O. The Bertz CT molecular complexity index is 90.4. The van der Waals surface area contributed by atoms with Gasteiger partial charge in [-0.1, -0.05) is 13.5 Å². The molecule has 0 atom stereocenters. The van der Waals surface area contributed by atoms with E-state index in [4.69, 9.17) is 0 Å². The third kappa shape index (κ3) is 3.36. The number of carbonyl (C=O) groups excluding carboxylic acids is 1. The summed E-state index contributed by atoms with van der Waals surface area (Å²) in [6.45, 7) is 6.06. The predicted molar refractivity (Wildman–Crippen MR) is 32.0 cm³/mol. The first kappa shape index (κ1) is 7.17. The molecule has 0 aromatic rings. The number of hydrogen-bond acceptors (Lipinski definition) is 3. The Morgan fingerprint density at radius 2 is 2.50 bits per heavy atom. The van der Waals surface area contributed by atoms with Gasteiger partial charge in [-0.25, -0.2) is 5.43 Å². The molecule has 0 spiro atoms. The molecule has 0 bridgehead atoms. The van der Waals surface area contributed by atoms with E-state index in [-0.39, 0.29) is 0 Å². The number of carbonyl (C=O) groups is 1. The van der Waals surface area contributed by atoms with E-state index < -0.39 is 0 Å². The van der Waals surface area contributed by atoms with Gasteiger partial charge in [0.2, 0.25) is 0 Å². The van der Waals surface area contributed by atoms with Crippen LogP contribution in [-0.2, 0) is 4.79 Å². The first-order valence-corrected chi connectivity index (χ1v) is 2.44. The summed E-state index contributed by atoms with van der Waals surface area (Å²) >= 11 is 0. The van der Waals surface area contributed by atoms with Crippen LogP contribution in [0, 0.1) is 0 Å². The molecule has 0 aromatic carbocycles. The summed E-state index contributed by atoms with van der Waals surface area (Å²) in [5.41, 5.74) is 5.64. The van der Waals surface area contributed by atoms with Gasteiger partial charge in [0, 0.05) is 6.54 Å². The molecule has 2 N–H and O–H groups in total.